The summed E-state index contributed by atoms with van der Waals surface area (Å²) in [7, 11) is 0. The van der Waals surface area contributed by atoms with Gasteiger partial charge in [0.05, 0.1) is 11.4 Å². The van der Waals surface area contributed by atoms with E-state index in [1.165, 1.54) is 0 Å². The molecule has 3 heterocycles. The van der Waals surface area contributed by atoms with Crippen molar-refractivity contribution in [3.63, 3.8) is 0 Å². The number of thiophene rings is 1. The van der Waals surface area contributed by atoms with Gasteiger partial charge in [-0.2, -0.15) is 13.2 Å². The van der Waals surface area contributed by atoms with Crippen LogP contribution in [-0.2, 0) is 4.74 Å². The van der Waals surface area contributed by atoms with E-state index in [4.69, 9.17) is 4.98 Å². The molecule has 1 N–H and O–H groups in total. The number of ether oxygens (including phenoxy) is 1. The van der Waals surface area contributed by atoms with E-state index in [2.05, 4.69) is 19.5 Å². The number of nitrogens with zero attached hydrogens (tertiary/aromatic N) is 3. The Labute approximate surface area is 171 Å². The Morgan fingerprint density at radius 2 is 1.93 bits per heavy atom. The fourth-order valence-corrected chi connectivity index (χ4v) is 4.63. The molecule has 6 nitrogen and oxygen atoms in total. The zero-order chi connectivity index (χ0) is 21.2. The molecule has 29 heavy (non-hydrogen) atoms. The minimum Gasteiger partial charge on any atom is -0.372 e. The van der Waals surface area contributed by atoms with Crippen LogP contribution in [0.1, 0.15) is 35.7 Å². The zero-order valence-electron chi connectivity index (χ0n) is 16.9. The molecule has 1 aliphatic rings. The van der Waals surface area contributed by atoms with Crippen LogP contribution in [0.2, 0.25) is 0 Å². The van der Waals surface area contributed by atoms with E-state index in [0.29, 0.717) is 17.6 Å². The molecule has 0 amide bonds. The summed E-state index contributed by atoms with van der Waals surface area (Å²) >= 11 is 1.55. The van der Waals surface area contributed by atoms with Gasteiger partial charge in [0.15, 0.2) is 0 Å². The maximum atomic E-state index is 12.5. The van der Waals surface area contributed by atoms with Crippen molar-refractivity contribution in [1.82, 2.24) is 19.8 Å². The number of fused-ring (bicyclic) bond motifs is 1. The van der Waals surface area contributed by atoms with E-state index in [1.54, 1.807) is 11.3 Å². The molecular weight excluding hydrogens is 405 g/mol. The van der Waals surface area contributed by atoms with E-state index in [0.717, 1.165) is 48.0 Å². The Morgan fingerprint density at radius 1 is 1.24 bits per heavy atom. The number of aryl methyl sites for hydroxylation is 2. The number of piperazine rings is 1. The number of aromatic amines is 1. The van der Waals surface area contributed by atoms with Crippen LogP contribution in [-0.4, -0.2) is 71.9 Å². The molecular formula is C19H27F3N4O2S. The van der Waals surface area contributed by atoms with Gasteiger partial charge in [-0.25, -0.2) is 4.98 Å². The molecule has 3 rings (SSSR count). The Balaban J connectivity index is 1.51. The average molecular weight is 433 g/mol. The lowest BCUT2D eigenvalue weighted by molar-refractivity contribution is -0.174. The second-order valence-corrected chi connectivity index (χ2v) is 8.69. The lowest BCUT2D eigenvalue weighted by atomic mass is 10.2. The summed E-state index contributed by atoms with van der Waals surface area (Å²) in [5, 5.41) is 0.681. The number of halogens is 3. The quantitative estimate of drug-likeness (QED) is 0.681. The largest absolute Gasteiger partial charge is 0.411 e. The van der Waals surface area contributed by atoms with Crippen LogP contribution in [0.15, 0.2) is 4.79 Å². The monoisotopic (exact) mass is 432 g/mol. The molecule has 1 fully saturated rings. The second kappa shape index (κ2) is 9.11. The molecule has 2 aromatic rings. The molecule has 0 aliphatic carbocycles. The van der Waals surface area contributed by atoms with Crippen LogP contribution >= 0.6 is 11.3 Å². The first-order chi connectivity index (χ1) is 13.7. The molecule has 162 valence electrons. The molecule has 0 saturated carbocycles. The average Bonchev–Trinajstić information content (AvgIpc) is 2.95. The molecule has 0 aromatic carbocycles. The van der Waals surface area contributed by atoms with Crippen LogP contribution in [0, 0.1) is 13.8 Å². The second-order valence-electron chi connectivity index (χ2n) is 7.49. The van der Waals surface area contributed by atoms with Gasteiger partial charge < -0.3 is 14.6 Å². The number of hydrogen-bond donors (Lipinski definition) is 1. The van der Waals surface area contributed by atoms with Gasteiger partial charge in [-0.3, -0.25) is 9.69 Å². The number of alkyl halides is 3. The highest BCUT2D eigenvalue weighted by molar-refractivity contribution is 7.18. The molecule has 1 aliphatic heterocycles. The van der Waals surface area contributed by atoms with Gasteiger partial charge in [0.1, 0.15) is 17.3 Å². The van der Waals surface area contributed by atoms with Crippen molar-refractivity contribution in [3.05, 3.63) is 26.6 Å². The Bertz CT molecular complexity index is 888. The van der Waals surface area contributed by atoms with Crippen LogP contribution in [0.5, 0.6) is 0 Å². The lowest BCUT2D eigenvalue weighted by Crippen LogP contribution is -2.47. The van der Waals surface area contributed by atoms with Crippen LogP contribution in [0.4, 0.5) is 13.2 Å². The van der Waals surface area contributed by atoms with E-state index < -0.39 is 12.8 Å². The van der Waals surface area contributed by atoms with Crippen LogP contribution < -0.4 is 5.56 Å². The number of nitrogens with one attached hydrogen (secondary N) is 1. The van der Waals surface area contributed by atoms with Gasteiger partial charge in [0.2, 0.25) is 0 Å². The topological polar surface area (TPSA) is 61.5 Å². The standard InChI is InChI=1S/C19H27F3N4O2S/c1-12-14(3)29-18-15(12)17(27)23-16(24-18)13(2)26-8-6-25(7-9-26)5-4-10-28-11-19(20,21)22/h13H,4-11H2,1-3H3,(H,23,24,27). The Kier molecular flexibility index (Phi) is 6.98. The summed E-state index contributed by atoms with van der Waals surface area (Å²) in [6.07, 6.45) is -3.69. The van der Waals surface area contributed by atoms with Gasteiger partial charge in [0, 0.05) is 44.2 Å². The predicted molar refractivity (Wildman–Crippen MR) is 108 cm³/mol. The Hall–Kier alpha value is -1.49. The van der Waals surface area contributed by atoms with Crippen molar-refractivity contribution in [2.75, 3.05) is 45.9 Å². The van der Waals surface area contributed by atoms with Crippen molar-refractivity contribution in [3.8, 4) is 0 Å². The minimum atomic E-state index is -4.26. The van der Waals surface area contributed by atoms with Crippen molar-refractivity contribution in [2.24, 2.45) is 0 Å². The van der Waals surface area contributed by atoms with Gasteiger partial charge in [-0.15, -0.1) is 11.3 Å². The van der Waals surface area contributed by atoms with Crippen LogP contribution in [0.25, 0.3) is 10.2 Å². The molecule has 2 aromatic heterocycles. The lowest BCUT2D eigenvalue weighted by Gasteiger charge is -2.37. The molecule has 0 spiro atoms. The van der Waals surface area contributed by atoms with Gasteiger partial charge in [-0.1, -0.05) is 0 Å². The van der Waals surface area contributed by atoms with Crippen molar-refractivity contribution >= 4 is 21.6 Å². The maximum absolute atomic E-state index is 12.5. The highest BCUT2D eigenvalue weighted by Crippen LogP contribution is 2.27. The Morgan fingerprint density at radius 3 is 2.59 bits per heavy atom. The van der Waals surface area contributed by atoms with Crippen molar-refractivity contribution in [2.45, 2.75) is 39.4 Å². The molecule has 0 bridgehead atoms. The molecule has 10 heteroatoms. The van der Waals surface area contributed by atoms with Crippen LogP contribution in [0.3, 0.4) is 0 Å². The fraction of sp³-hybridized carbons (Fsp3) is 0.684. The molecule has 1 unspecified atom stereocenters. The van der Waals surface area contributed by atoms with E-state index in [1.807, 2.05) is 20.8 Å². The van der Waals surface area contributed by atoms with E-state index in [-0.39, 0.29) is 18.2 Å². The summed E-state index contributed by atoms with van der Waals surface area (Å²) in [6.45, 7) is 8.91. The third kappa shape index (κ3) is 5.56. The highest BCUT2D eigenvalue weighted by Gasteiger charge is 2.27. The summed E-state index contributed by atoms with van der Waals surface area (Å²) in [5.41, 5.74) is 0.905. The van der Waals surface area contributed by atoms with Crippen molar-refractivity contribution in [1.29, 1.82) is 0 Å². The zero-order valence-corrected chi connectivity index (χ0v) is 17.8. The number of aromatic nitrogens is 2. The first-order valence-corrected chi connectivity index (χ1v) is 10.6. The first-order valence-electron chi connectivity index (χ1n) is 9.76. The van der Waals surface area contributed by atoms with Gasteiger partial charge in [0.25, 0.3) is 5.56 Å². The SMILES string of the molecule is Cc1sc2nc(C(C)N3CCN(CCCOCC(F)(F)F)CC3)[nH]c(=O)c2c1C. The minimum absolute atomic E-state index is 0.00733. The third-order valence-corrected chi connectivity index (χ3v) is 6.54. The number of hydrogen-bond acceptors (Lipinski definition) is 6. The van der Waals surface area contributed by atoms with Crippen molar-refractivity contribution < 1.29 is 17.9 Å². The van der Waals surface area contributed by atoms with Gasteiger partial charge >= 0.3 is 6.18 Å². The summed E-state index contributed by atoms with van der Waals surface area (Å²) in [5.74, 6) is 0.678. The highest BCUT2D eigenvalue weighted by atomic mass is 32.1. The normalized spacial score (nSPS) is 17.9. The fourth-order valence-electron chi connectivity index (χ4n) is 3.59. The van der Waals surface area contributed by atoms with E-state index >= 15 is 0 Å². The van der Waals surface area contributed by atoms with E-state index in [9.17, 15) is 18.0 Å². The summed E-state index contributed by atoms with van der Waals surface area (Å²) in [6, 6.07) is -0.00733. The predicted octanol–water partition coefficient (Wildman–Crippen LogP) is 3.25. The maximum Gasteiger partial charge on any atom is 0.411 e. The first kappa shape index (κ1) is 22.2. The smallest absolute Gasteiger partial charge is 0.372 e. The van der Waals surface area contributed by atoms with Gasteiger partial charge in [-0.05, 0) is 32.8 Å². The summed E-state index contributed by atoms with van der Waals surface area (Å²) in [4.78, 5) is 26.5. The number of rotatable bonds is 7. The molecule has 1 saturated heterocycles. The molecule has 1 atom stereocenters. The molecule has 0 radical (unpaired) electrons. The summed E-state index contributed by atoms with van der Waals surface area (Å²) < 4.78 is 40.8. The third-order valence-electron chi connectivity index (χ3n) is 5.44. The number of H-pyrrole nitrogens is 1.